The quantitative estimate of drug-likeness (QED) is 0.806. The van der Waals surface area contributed by atoms with Crippen LogP contribution < -0.4 is 11.1 Å². The first kappa shape index (κ1) is 11.1. The van der Waals surface area contributed by atoms with Crippen molar-refractivity contribution >= 4 is 17.4 Å². The summed E-state index contributed by atoms with van der Waals surface area (Å²) in [6, 6.07) is 4.99. The van der Waals surface area contributed by atoms with Crippen LogP contribution in [0.4, 0.5) is 11.5 Å². The Kier molecular flexibility index (Phi) is 2.78. The number of nitrogens with zero attached hydrogens (tertiary/aromatic N) is 3. The molecule has 0 unspecified atom stereocenters. The van der Waals surface area contributed by atoms with Gasteiger partial charge in [-0.25, -0.2) is 4.98 Å². The van der Waals surface area contributed by atoms with E-state index in [0.717, 1.165) is 5.69 Å². The summed E-state index contributed by atoms with van der Waals surface area (Å²) in [7, 11) is 1.81. The number of hydrogen-bond acceptors (Lipinski definition) is 4. The molecular weight excluding hydrogens is 218 g/mol. The van der Waals surface area contributed by atoms with Gasteiger partial charge in [-0.15, -0.1) is 0 Å². The average Bonchev–Trinajstić information content (AvgIpc) is 2.58. The molecule has 88 valence electrons. The molecule has 0 bridgehead atoms. The SMILES string of the molecule is Cc1cc(NC(=O)c2ccc(N)cn2)nn1C. The number of pyridine rings is 1. The molecule has 6 nitrogen and oxygen atoms in total. The highest BCUT2D eigenvalue weighted by Crippen LogP contribution is 2.09. The summed E-state index contributed by atoms with van der Waals surface area (Å²) in [5, 5.41) is 6.79. The summed E-state index contributed by atoms with van der Waals surface area (Å²) >= 11 is 0. The van der Waals surface area contributed by atoms with Crippen LogP contribution in [0.2, 0.25) is 0 Å². The third-order valence-corrected chi connectivity index (χ3v) is 2.37. The van der Waals surface area contributed by atoms with E-state index >= 15 is 0 Å². The highest BCUT2D eigenvalue weighted by Gasteiger charge is 2.09. The number of nitrogens with two attached hydrogens (primary N) is 1. The topological polar surface area (TPSA) is 85.8 Å². The first-order valence-electron chi connectivity index (χ1n) is 5.10. The maximum absolute atomic E-state index is 11.8. The van der Waals surface area contributed by atoms with Crippen molar-refractivity contribution in [3.05, 3.63) is 35.8 Å². The van der Waals surface area contributed by atoms with Gasteiger partial charge in [0.25, 0.3) is 5.91 Å². The monoisotopic (exact) mass is 231 g/mol. The Morgan fingerprint density at radius 3 is 2.76 bits per heavy atom. The molecule has 0 aliphatic rings. The lowest BCUT2D eigenvalue weighted by atomic mass is 10.3. The Balaban J connectivity index is 2.14. The minimum absolute atomic E-state index is 0.303. The molecule has 0 radical (unpaired) electrons. The van der Waals surface area contributed by atoms with E-state index in [9.17, 15) is 4.79 Å². The van der Waals surface area contributed by atoms with Crippen molar-refractivity contribution in [3.63, 3.8) is 0 Å². The summed E-state index contributed by atoms with van der Waals surface area (Å²) in [5.41, 5.74) is 7.29. The molecule has 1 amide bonds. The van der Waals surface area contributed by atoms with Crippen LogP contribution in [0.25, 0.3) is 0 Å². The van der Waals surface area contributed by atoms with Crippen molar-refractivity contribution in [3.8, 4) is 0 Å². The molecule has 0 saturated carbocycles. The minimum atomic E-state index is -0.303. The highest BCUT2D eigenvalue weighted by atomic mass is 16.1. The first-order valence-corrected chi connectivity index (χ1v) is 5.10. The minimum Gasteiger partial charge on any atom is -0.397 e. The number of aromatic nitrogens is 3. The molecular formula is C11H13N5O. The van der Waals surface area contributed by atoms with E-state index in [1.807, 2.05) is 14.0 Å². The predicted molar refractivity (Wildman–Crippen MR) is 64.5 cm³/mol. The molecule has 17 heavy (non-hydrogen) atoms. The lowest BCUT2D eigenvalue weighted by molar-refractivity contribution is 0.102. The number of nitrogen functional groups attached to an aromatic ring is 1. The zero-order valence-corrected chi connectivity index (χ0v) is 9.64. The normalized spacial score (nSPS) is 10.2. The van der Waals surface area contributed by atoms with Gasteiger partial charge in [-0.05, 0) is 19.1 Å². The fraction of sp³-hybridized carbons (Fsp3) is 0.182. The molecule has 0 aromatic carbocycles. The van der Waals surface area contributed by atoms with Crippen molar-refractivity contribution in [1.29, 1.82) is 0 Å². The fourth-order valence-electron chi connectivity index (χ4n) is 1.34. The Labute approximate surface area is 98.5 Å². The van der Waals surface area contributed by atoms with Crippen molar-refractivity contribution in [2.45, 2.75) is 6.92 Å². The van der Waals surface area contributed by atoms with E-state index in [-0.39, 0.29) is 5.91 Å². The van der Waals surface area contributed by atoms with Gasteiger partial charge in [0, 0.05) is 18.8 Å². The van der Waals surface area contributed by atoms with Crippen molar-refractivity contribution in [2.24, 2.45) is 7.05 Å². The summed E-state index contributed by atoms with van der Waals surface area (Å²) in [5.74, 6) is 0.205. The number of hydrogen-bond donors (Lipinski definition) is 2. The van der Waals surface area contributed by atoms with Crippen LogP contribution in [0.15, 0.2) is 24.4 Å². The second kappa shape index (κ2) is 4.25. The van der Waals surface area contributed by atoms with E-state index in [0.29, 0.717) is 17.2 Å². The number of aryl methyl sites for hydroxylation is 2. The Morgan fingerprint density at radius 2 is 2.24 bits per heavy atom. The van der Waals surface area contributed by atoms with Gasteiger partial charge in [0.1, 0.15) is 5.69 Å². The van der Waals surface area contributed by atoms with Gasteiger partial charge in [-0.1, -0.05) is 0 Å². The van der Waals surface area contributed by atoms with E-state index in [4.69, 9.17) is 5.73 Å². The smallest absolute Gasteiger partial charge is 0.275 e. The zero-order valence-electron chi connectivity index (χ0n) is 9.64. The van der Waals surface area contributed by atoms with Crippen LogP contribution in [-0.2, 0) is 7.05 Å². The van der Waals surface area contributed by atoms with Gasteiger partial charge in [-0.2, -0.15) is 5.10 Å². The number of rotatable bonds is 2. The summed E-state index contributed by atoms with van der Waals surface area (Å²) < 4.78 is 1.69. The third-order valence-electron chi connectivity index (χ3n) is 2.37. The first-order chi connectivity index (χ1) is 8.06. The molecule has 3 N–H and O–H groups in total. The average molecular weight is 231 g/mol. The molecule has 2 aromatic rings. The summed E-state index contributed by atoms with van der Waals surface area (Å²) in [6.07, 6.45) is 1.44. The van der Waals surface area contributed by atoms with Crippen LogP contribution in [0.5, 0.6) is 0 Å². The van der Waals surface area contributed by atoms with Gasteiger partial charge < -0.3 is 11.1 Å². The predicted octanol–water partition coefficient (Wildman–Crippen LogP) is 0.958. The molecule has 0 aliphatic carbocycles. The summed E-state index contributed by atoms with van der Waals surface area (Å²) in [4.78, 5) is 15.7. The number of carbonyl (C=O) groups excluding carboxylic acids is 1. The van der Waals surface area contributed by atoms with Crippen LogP contribution >= 0.6 is 0 Å². The fourth-order valence-corrected chi connectivity index (χ4v) is 1.34. The number of amides is 1. The molecule has 0 aliphatic heterocycles. The molecule has 6 heteroatoms. The van der Waals surface area contributed by atoms with Crippen LogP contribution in [0.1, 0.15) is 16.2 Å². The standard InChI is InChI=1S/C11H13N5O/c1-7-5-10(15-16(7)2)14-11(17)9-4-3-8(12)6-13-9/h3-6H,12H2,1-2H3,(H,14,15,17). The van der Waals surface area contributed by atoms with E-state index in [1.54, 1.807) is 22.9 Å². The molecule has 2 heterocycles. The van der Waals surface area contributed by atoms with Gasteiger partial charge >= 0.3 is 0 Å². The molecule has 2 rings (SSSR count). The van der Waals surface area contributed by atoms with Crippen LogP contribution in [0.3, 0.4) is 0 Å². The second-order valence-electron chi connectivity index (χ2n) is 3.73. The maximum Gasteiger partial charge on any atom is 0.275 e. The van der Waals surface area contributed by atoms with Gasteiger partial charge in [0.2, 0.25) is 0 Å². The van der Waals surface area contributed by atoms with Crippen LogP contribution in [-0.4, -0.2) is 20.7 Å². The molecule has 0 saturated heterocycles. The molecule has 0 atom stereocenters. The molecule has 0 fully saturated rings. The maximum atomic E-state index is 11.8. The highest BCUT2D eigenvalue weighted by molar-refractivity contribution is 6.02. The van der Waals surface area contributed by atoms with Crippen LogP contribution in [0, 0.1) is 6.92 Å². The van der Waals surface area contributed by atoms with E-state index in [2.05, 4.69) is 15.4 Å². The summed E-state index contributed by atoms with van der Waals surface area (Å²) in [6.45, 7) is 1.91. The second-order valence-corrected chi connectivity index (χ2v) is 3.73. The Hall–Kier alpha value is -2.37. The number of anilines is 2. The Morgan fingerprint density at radius 1 is 1.47 bits per heavy atom. The Bertz CT molecular complexity index is 524. The van der Waals surface area contributed by atoms with Crippen molar-refractivity contribution in [1.82, 2.24) is 14.8 Å². The lowest BCUT2D eigenvalue weighted by Crippen LogP contribution is -2.14. The lowest BCUT2D eigenvalue weighted by Gasteiger charge is -2.01. The van der Waals surface area contributed by atoms with E-state index < -0.39 is 0 Å². The third kappa shape index (κ3) is 2.41. The number of nitrogens with one attached hydrogen (secondary N) is 1. The molecule has 2 aromatic heterocycles. The zero-order chi connectivity index (χ0) is 12.4. The molecule has 0 spiro atoms. The van der Waals surface area contributed by atoms with Gasteiger partial charge in [0.15, 0.2) is 5.82 Å². The van der Waals surface area contributed by atoms with Crippen molar-refractivity contribution < 1.29 is 4.79 Å². The largest absolute Gasteiger partial charge is 0.397 e. The van der Waals surface area contributed by atoms with Crippen molar-refractivity contribution in [2.75, 3.05) is 11.1 Å². The van der Waals surface area contributed by atoms with Gasteiger partial charge in [-0.3, -0.25) is 9.48 Å². The van der Waals surface area contributed by atoms with E-state index in [1.165, 1.54) is 6.20 Å². The van der Waals surface area contributed by atoms with Gasteiger partial charge in [0.05, 0.1) is 11.9 Å². The number of carbonyl (C=O) groups is 1.